The van der Waals surface area contributed by atoms with E-state index < -0.39 is 10.0 Å². The van der Waals surface area contributed by atoms with Crippen molar-refractivity contribution in [2.45, 2.75) is 39.1 Å². The number of carbonyl (C=O) groups excluding carboxylic acids is 1. The summed E-state index contributed by atoms with van der Waals surface area (Å²) in [5.74, 6) is 0.972. The number of furan rings is 1. The number of benzene rings is 1. The van der Waals surface area contributed by atoms with Crippen LogP contribution in [0.15, 0.2) is 46.9 Å². The van der Waals surface area contributed by atoms with Gasteiger partial charge in [0.25, 0.3) is 0 Å². The van der Waals surface area contributed by atoms with Crippen LogP contribution in [0.5, 0.6) is 0 Å². The Bertz CT molecular complexity index is 877. The van der Waals surface area contributed by atoms with Gasteiger partial charge in [-0.2, -0.15) is 4.31 Å². The minimum atomic E-state index is -3.66. The number of hydrogen-bond acceptors (Lipinski definition) is 5. The third-order valence-electron chi connectivity index (χ3n) is 4.48. The second-order valence-electron chi connectivity index (χ2n) is 7.20. The van der Waals surface area contributed by atoms with Crippen molar-refractivity contribution in [1.29, 1.82) is 0 Å². The molecular weight excluding hydrogens is 392 g/mol. The lowest BCUT2D eigenvalue weighted by molar-refractivity contribution is -0.133. The van der Waals surface area contributed by atoms with E-state index in [1.807, 2.05) is 25.1 Å². The maximum atomic E-state index is 13.0. The summed E-state index contributed by atoms with van der Waals surface area (Å²) in [5, 5.41) is 0. The highest BCUT2D eigenvalue weighted by Gasteiger charge is 2.29. The SMILES string of the molecule is COCCN(Cc1ccc(C)o1)C(=O)CN(C(C)C)S(=O)(=O)Cc1ccccc1. The van der Waals surface area contributed by atoms with Crippen molar-refractivity contribution in [2.75, 3.05) is 26.8 Å². The Morgan fingerprint density at radius 3 is 2.38 bits per heavy atom. The summed E-state index contributed by atoms with van der Waals surface area (Å²) in [7, 11) is -2.10. The van der Waals surface area contributed by atoms with Gasteiger partial charge in [-0.05, 0) is 38.5 Å². The molecule has 0 spiro atoms. The van der Waals surface area contributed by atoms with E-state index in [9.17, 15) is 13.2 Å². The number of carbonyl (C=O) groups is 1. The second-order valence-corrected chi connectivity index (χ2v) is 9.12. The lowest BCUT2D eigenvalue weighted by atomic mass is 10.2. The summed E-state index contributed by atoms with van der Waals surface area (Å²) in [6.45, 7) is 6.11. The highest BCUT2D eigenvalue weighted by molar-refractivity contribution is 7.88. The first kappa shape index (κ1) is 23.1. The van der Waals surface area contributed by atoms with Gasteiger partial charge in [0.2, 0.25) is 15.9 Å². The summed E-state index contributed by atoms with van der Waals surface area (Å²) in [4.78, 5) is 14.6. The number of methoxy groups -OCH3 is 1. The topological polar surface area (TPSA) is 80.1 Å². The fraction of sp³-hybridized carbons (Fsp3) is 0.476. The van der Waals surface area contributed by atoms with Crippen LogP contribution in [0, 0.1) is 6.92 Å². The van der Waals surface area contributed by atoms with Gasteiger partial charge in [-0.25, -0.2) is 8.42 Å². The lowest BCUT2D eigenvalue weighted by Crippen LogP contribution is -2.46. The molecule has 1 aromatic heterocycles. The molecule has 0 N–H and O–H groups in total. The summed E-state index contributed by atoms with van der Waals surface area (Å²) < 4.78 is 37.9. The van der Waals surface area contributed by atoms with Crippen molar-refractivity contribution < 1.29 is 22.4 Å². The van der Waals surface area contributed by atoms with Gasteiger partial charge in [-0.1, -0.05) is 30.3 Å². The van der Waals surface area contributed by atoms with Crippen molar-refractivity contribution in [1.82, 2.24) is 9.21 Å². The first-order valence-electron chi connectivity index (χ1n) is 9.58. The van der Waals surface area contributed by atoms with Crippen molar-refractivity contribution in [2.24, 2.45) is 0 Å². The number of ether oxygens (including phenoxy) is 1. The van der Waals surface area contributed by atoms with Gasteiger partial charge < -0.3 is 14.1 Å². The molecule has 7 nitrogen and oxygen atoms in total. The van der Waals surface area contributed by atoms with Crippen LogP contribution in [0.4, 0.5) is 0 Å². The van der Waals surface area contributed by atoms with Crippen molar-refractivity contribution in [3.05, 3.63) is 59.5 Å². The Hall–Kier alpha value is -2.16. The molecule has 0 bridgehead atoms. The number of rotatable bonds is 11. The van der Waals surface area contributed by atoms with E-state index in [4.69, 9.17) is 9.15 Å². The van der Waals surface area contributed by atoms with Crippen molar-refractivity contribution >= 4 is 15.9 Å². The Balaban J connectivity index is 2.15. The Morgan fingerprint density at radius 1 is 1.14 bits per heavy atom. The van der Waals surface area contributed by atoms with Gasteiger partial charge in [0.1, 0.15) is 11.5 Å². The molecule has 0 saturated heterocycles. The van der Waals surface area contributed by atoms with E-state index in [2.05, 4.69) is 0 Å². The van der Waals surface area contributed by atoms with Crippen LogP contribution < -0.4 is 0 Å². The molecule has 0 aliphatic heterocycles. The highest BCUT2D eigenvalue weighted by atomic mass is 32.2. The van der Waals surface area contributed by atoms with Crippen LogP contribution in [-0.2, 0) is 31.9 Å². The summed E-state index contributed by atoms with van der Waals surface area (Å²) in [5.41, 5.74) is 0.688. The Kier molecular flexibility index (Phi) is 8.43. The van der Waals surface area contributed by atoms with E-state index in [-0.39, 0.29) is 30.8 Å². The van der Waals surface area contributed by atoms with Gasteiger partial charge in [0.15, 0.2) is 0 Å². The molecule has 1 aromatic carbocycles. The summed E-state index contributed by atoms with van der Waals surface area (Å²) >= 11 is 0. The quantitative estimate of drug-likeness (QED) is 0.556. The Labute approximate surface area is 173 Å². The van der Waals surface area contributed by atoms with Gasteiger partial charge in [-0.15, -0.1) is 0 Å². The monoisotopic (exact) mass is 422 g/mol. The molecule has 1 heterocycles. The average molecular weight is 423 g/mol. The number of sulfonamides is 1. The number of hydrogen-bond donors (Lipinski definition) is 0. The van der Waals surface area contributed by atoms with Crippen LogP contribution in [0.3, 0.4) is 0 Å². The van der Waals surface area contributed by atoms with Gasteiger partial charge in [0, 0.05) is 19.7 Å². The minimum Gasteiger partial charge on any atom is -0.464 e. The molecular formula is C21H30N2O5S. The smallest absolute Gasteiger partial charge is 0.238 e. The van der Waals surface area contributed by atoms with Crippen LogP contribution in [0.25, 0.3) is 0 Å². The zero-order valence-electron chi connectivity index (χ0n) is 17.5. The standard InChI is InChI=1S/C21H30N2O5S/c1-17(2)23(29(25,26)16-19-8-6-5-7-9-19)15-21(24)22(12-13-27-4)14-20-11-10-18(3)28-20/h5-11,17H,12-16H2,1-4H3. The van der Waals surface area contributed by atoms with Crippen molar-refractivity contribution in [3.8, 4) is 0 Å². The van der Waals surface area contributed by atoms with E-state index >= 15 is 0 Å². The van der Waals surface area contributed by atoms with Gasteiger partial charge >= 0.3 is 0 Å². The number of amides is 1. The van der Waals surface area contributed by atoms with Gasteiger partial charge in [0.05, 0.1) is 25.4 Å². The molecule has 0 aliphatic rings. The van der Waals surface area contributed by atoms with Crippen LogP contribution in [-0.4, -0.2) is 56.4 Å². The fourth-order valence-electron chi connectivity index (χ4n) is 2.95. The molecule has 0 fully saturated rings. The molecule has 1 amide bonds. The maximum absolute atomic E-state index is 13.0. The lowest BCUT2D eigenvalue weighted by Gasteiger charge is -2.29. The molecule has 0 aliphatic carbocycles. The maximum Gasteiger partial charge on any atom is 0.238 e. The minimum absolute atomic E-state index is 0.144. The molecule has 29 heavy (non-hydrogen) atoms. The van der Waals surface area contributed by atoms with Gasteiger partial charge in [-0.3, -0.25) is 4.79 Å². The van der Waals surface area contributed by atoms with E-state index in [0.717, 1.165) is 5.76 Å². The van der Waals surface area contributed by atoms with E-state index in [1.165, 1.54) is 4.31 Å². The molecule has 0 saturated carbocycles. The van der Waals surface area contributed by atoms with Crippen LogP contribution in [0.1, 0.15) is 30.9 Å². The second kappa shape index (κ2) is 10.6. The summed E-state index contributed by atoms with van der Waals surface area (Å²) in [6.07, 6.45) is 0. The van der Waals surface area contributed by atoms with E-state index in [1.54, 1.807) is 50.1 Å². The molecule has 2 rings (SSSR count). The molecule has 2 aromatic rings. The third-order valence-corrected chi connectivity index (χ3v) is 6.44. The van der Waals surface area contributed by atoms with Crippen LogP contribution >= 0.6 is 0 Å². The molecule has 0 atom stereocenters. The fourth-order valence-corrected chi connectivity index (χ4v) is 4.68. The normalized spacial score (nSPS) is 11.9. The average Bonchev–Trinajstić information content (AvgIpc) is 3.07. The molecule has 0 unspecified atom stereocenters. The zero-order valence-corrected chi connectivity index (χ0v) is 18.3. The predicted octanol–water partition coefficient (Wildman–Crippen LogP) is 2.80. The van der Waals surface area contributed by atoms with Crippen LogP contribution in [0.2, 0.25) is 0 Å². The zero-order chi connectivity index (χ0) is 21.4. The first-order valence-corrected chi connectivity index (χ1v) is 11.2. The van der Waals surface area contributed by atoms with Crippen molar-refractivity contribution in [3.63, 3.8) is 0 Å². The number of aryl methyl sites for hydroxylation is 1. The molecule has 8 heteroatoms. The Morgan fingerprint density at radius 2 is 1.83 bits per heavy atom. The largest absolute Gasteiger partial charge is 0.464 e. The molecule has 0 radical (unpaired) electrons. The third kappa shape index (κ3) is 6.99. The number of nitrogens with zero attached hydrogens (tertiary/aromatic N) is 2. The predicted molar refractivity (Wildman–Crippen MR) is 112 cm³/mol. The highest BCUT2D eigenvalue weighted by Crippen LogP contribution is 2.16. The molecule has 160 valence electrons. The summed E-state index contributed by atoms with van der Waals surface area (Å²) in [6, 6.07) is 12.3. The first-order chi connectivity index (χ1) is 13.7. The van der Waals surface area contributed by atoms with E-state index in [0.29, 0.717) is 24.5 Å².